The third-order valence-corrected chi connectivity index (χ3v) is 14.7. The SMILES string of the molecule is Cc1cccc(C)c1N=C([N-]c1ccccc1N=C([N-]c1c(C)cccc1C)C(C)(C)C)C(C)(C)C.Cc1cccc(C)c1N=C([N-]c1ccccc1N=C([N-]c1c(C)cccc1C)C(C)(C)C)C(C)(C)C.[S-]Cc1ccccc1.[S-]Cc1ccccc1.[Yb+3].[Yb+3]. The molecular formula is C78H94N8S2Yb2. The van der Waals surface area contributed by atoms with Gasteiger partial charge in [-0.3, -0.25) is 0 Å². The molecule has 8 aromatic rings. The Morgan fingerprint density at radius 1 is 0.289 bits per heavy atom. The first-order valence-electron chi connectivity index (χ1n) is 30.3. The fourth-order valence-electron chi connectivity index (χ4n) is 8.70. The molecule has 0 unspecified atom stereocenters. The van der Waals surface area contributed by atoms with Gasteiger partial charge in [-0.25, -0.2) is 0 Å². The molecule has 0 bridgehead atoms. The number of benzene rings is 8. The van der Waals surface area contributed by atoms with E-state index in [-0.39, 0.29) is 116 Å². The maximum Gasteiger partial charge on any atom is 3.00 e. The number of aryl methyl sites for hydroxylation is 8. The molecule has 486 valence electrons. The van der Waals surface area contributed by atoms with Crippen molar-refractivity contribution in [3.8, 4) is 0 Å². The molecule has 90 heavy (non-hydrogen) atoms. The summed E-state index contributed by atoms with van der Waals surface area (Å²) in [6, 6.07) is 61.1. The molecule has 0 fully saturated rings. The van der Waals surface area contributed by atoms with E-state index in [9.17, 15) is 0 Å². The molecule has 0 saturated carbocycles. The largest absolute Gasteiger partial charge is 3.00 e. The first kappa shape index (κ1) is 79.6. The quantitative estimate of drug-likeness (QED) is 0.0773. The standard InChI is InChI=1S/2C32H40N4.2C7H8S.2Yb/c2*1-21-15-13-16-22(2)27(21)35-29(31(5,6)7)33-25-19-11-12-20-26(25)34-30(32(8,9)10)36-28-23(3)17-14-18-24(28)4;2*8-6-7-4-2-1-3-5-7;;/h2*11-20H,1-10H3;2*1-5,8H,6H2;;/q2*-2;;;2*+3/p-2. The second-order valence-corrected chi connectivity index (χ2v) is 27.0. The second kappa shape index (κ2) is 37.3. The zero-order valence-electron chi connectivity index (χ0n) is 56.7. The molecule has 12 heteroatoms. The third-order valence-electron chi connectivity index (χ3n) is 14.0. The van der Waals surface area contributed by atoms with Crippen LogP contribution in [0, 0.1) is 171 Å². The third kappa shape index (κ3) is 25.4. The van der Waals surface area contributed by atoms with Crippen molar-refractivity contribution >= 4 is 94.1 Å². The van der Waals surface area contributed by atoms with E-state index in [4.69, 9.17) is 66.5 Å². The maximum atomic E-state index is 5.09. The first-order valence-corrected chi connectivity index (χ1v) is 31.5. The van der Waals surface area contributed by atoms with Crippen LogP contribution in [0.3, 0.4) is 0 Å². The van der Waals surface area contributed by atoms with Crippen LogP contribution in [0.15, 0.2) is 202 Å². The molecule has 0 aliphatic rings. The average Bonchev–Trinajstić information content (AvgIpc) is 1.45. The molecule has 0 N–H and O–H groups in total. The summed E-state index contributed by atoms with van der Waals surface area (Å²) >= 11 is 9.64. The van der Waals surface area contributed by atoms with Crippen LogP contribution >= 0.6 is 0 Å². The molecule has 0 spiro atoms. The molecular weight excluding hydrogens is 1460 g/mol. The summed E-state index contributed by atoms with van der Waals surface area (Å²) in [5, 5.41) is 20.3. The van der Waals surface area contributed by atoms with Crippen molar-refractivity contribution in [3.63, 3.8) is 0 Å². The van der Waals surface area contributed by atoms with Gasteiger partial charge < -0.3 is 66.5 Å². The molecule has 2 radical (unpaired) electrons. The molecule has 0 saturated heterocycles. The van der Waals surface area contributed by atoms with E-state index in [0.29, 0.717) is 0 Å². The average molecular weight is 1550 g/mol. The van der Waals surface area contributed by atoms with Crippen molar-refractivity contribution in [1.82, 2.24) is 0 Å². The number of para-hydroxylation sites is 8. The van der Waals surface area contributed by atoms with Crippen LogP contribution in [0.1, 0.15) is 139 Å². The van der Waals surface area contributed by atoms with Crippen LogP contribution in [0.25, 0.3) is 21.3 Å². The number of rotatable bonds is 10. The smallest absolute Gasteiger partial charge is 0.788 e. The molecule has 8 nitrogen and oxygen atoms in total. The Balaban J connectivity index is 0.000000369. The number of amidine groups is 4. The summed E-state index contributed by atoms with van der Waals surface area (Å²) in [6.45, 7) is 42.5. The predicted molar refractivity (Wildman–Crippen MR) is 390 cm³/mol. The van der Waals surface area contributed by atoms with E-state index >= 15 is 0 Å². The molecule has 0 heterocycles. The van der Waals surface area contributed by atoms with E-state index < -0.39 is 0 Å². The first-order chi connectivity index (χ1) is 41.4. The minimum atomic E-state index is -0.249. The van der Waals surface area contributed by atoms with Gasteiger partial charge in [-0.15, -0.1) is 0 Å². The normalized spacial score (nSPS) is 12.1. The molecule has 0 atom stereocenters. The minimum Gasteiger partial charge on any atom is -0.788 e. The minimum absolute atomic E-state index is 0. The van der Waals surface area contributed by atoms with E-state index in [1.165, 1.54) is 11.1 Å². The fourth-order valence-corrected chi connectivity index (χ4v) is 9.09. The van der Waals surface area contributed by atoms with Gasteiger partial charge in [0.2, 0.25) is 0 Å². The Kier molecular flexibility index (Phi) is 33.0. The summed E-state index contributed by atoms with van der Waals surface area (Å²) < 4.78 is 0. The summed E-state index contributed by atoms with van der Waals surface area (Å²) in [6.07, 6.45) is 0. The van der Waals surface area contributed by atoms with Crippen LogP contribution in [-0.2, 0) is 36.8 Å². The zero-order chi connectivity index (χ0) is 65.0. The predicted octanol–water partition coefficient (Wildman–Crippen LogP) is 24.4. The van der Waals surface area contributed by atoms with Crippen molar-refractivity contribution in [3.05, 3.63) is 259 Å². The van der Waals surface area contributed by atoms with Crippen LogP contribution < -0.4 is 0 Å². The molecule has 0 aliphatic heterocycles. The fraction of sp³-hybridized carbons (Fsp3) is 0.333. The van der Waals surface area contributed by atoms with E-state index in [2.05, 4.69) is 211 Å². The van der Waals surface area contributed by atoms with Crippen LogP contribution in [-0.4, -0.2) is 23.3 Å². The van der Waals surface area contributed by atoms with Gasteiger partial charge in [0.05, 0.1) is 0 Å². The van der Waals surface area contributed by atoms with Gasteiger partial charge >= 0.3 is 93.8 Å². The summed E-state index contributed by atoms with van der Waals surface area (Å²) in [7, 11) is 0. The van der Waals surface area contributed by atoms with Gasteiger partial charge in [-0.05, 0) is 167 Å². The van der Waals surface area contributed by atoms with Crippen LogP contribution in [0.2, 0.25) is 0 Å². The van der Waals surface area contributed by atoms with Gasteiger partial charge in [0.1, 0.15) is 0 Å². The van der Waals surface area contributed by atoms with E-state index in [1.807, 2.05) is 109 Å². The molecule has 8 aromatic carbocycles. The second-order valence-electron chi connectivity index (χ2n) is 26.4. The van der Waals surface area contributed by atoms with Crippen LogP contribution in [0.5, 0.6) is 0 Å². The van der Waals surface area contributed by atoms with E-state index in [0.717, 1.165) is 125 Å². The molecule has 0 aromatic heterocycles. The summed E-state index contributed by atoms with van der Waals surface area (Å²) in [4.78, 5) is 20.3. The Bertz CT molecular complexity index is 3350. The summed E-state index contributed by atoms with van der Waals surface area (Å²) in [5.41, 5.74) is 17.6. The van der Waals surface area contributed by atoms with Gasteiger partial charge in [0, 0.05) is 0 Å². The van der Waals surface area contributed by atoms with Gasteiger partial charge in [-0.1, -0.05) is 300 Å². The van der Waals surface area contributed by atoms with Crippen molar-refractivity contribution in [2.45, 2.75) is 150 Å². The van der Waals surface area contributed by atoms with Crippen molar-refractivity contribution in [1.29, 1.82) is 0 Å². The number of aliphatic imine (C=N–C) groups is 4. The van der Waals surface area contributed by atoms with Crippen molar-refractivity contribution in [2.75, 3.05) is 0 Å². The number of nitrogens with zero attached hydrogens (tertiary/aromatic N) is 8. The molecule has 0 amide bonds. The number of hydrogen-bond donors (Lipinski definition) is 0. The topological polar surface area (TPSA) is 106 Å². The monoisotopic (exact) mass is 1550 g/mol. The van der Waals surface area contributed by atoms with Crippen molar-refractivity contribution in [2.24, 2.45) is 41.6 Å². The maximum absolute atomic E-state index is 5.09. The Morgan fingerprint density at radius 2 is 0.522 bits per heavy atom. The van der Waals surface area contributed by atoms with E-state index in [1.54, 1.807) is 0 Å². The summed E-state index contributed by atoms with van der Waals surface area (Å²) in [5.74, 6) is 4.53. The number of hydrogen-bond acceptors (Lipinski definition) is 6. The zero-order valence-corrected chi connectivity index (χ0v) is 61.7. The van der Waals surface area contributed by atoms with Crippen LogP contribution in [0.4, 0.5) is 45.5 Å². The molecule has 0 aliphatic carbocycles. The van der Waals surface area contributed by atoms with Gasteiger partial charge in [-0.2, -0.15) is 11.5 Å². The van der Waals surface area contributed by atoms with Gasteiger partial charge in [0.25, 0.3) is 0 Å². The Morgan fingerprint density at radius 3 is 0.767 bits per heavy atom. The Hall–Kier alpha value is -4.62. The van der Waals surface area contributed by atoms with Crippen molar-refractivity contribution < 1.29 is 93.8 Å². The molecule has 8 rings (SSSR count). The Labute approximate surface area is 630 Å². The van der Waals surface area contributed by atoms with Gasteiger partial charge in [0.15, 0.2) is 0 Å².